The lowest BCUT2D eigenvalue weighted by atomic mass is 10.3. The molecule has 0 spiro atoms. The van der Waals surface area contributed by atoms with Crippen LogP contribution in [0.1, 0.15) is 5.89 Å². The third-order valence-electron chi connectivity index (χ3n) is 2.98. The second-order valence-corrected chi connectivity index (χ2v) is 7.42. The van der Waals surface area contributed by atoms with Gasteiger partial charge in [-0.2, -0.15) is 0 Å². The first kappa shape index (κ1) is 14.1. The topological polar surface area (TPSA) is 86.2 Å². The third-order valence-corrected chi connectivity index (χ3v) is 5.13. The van der Waals surface area contributed by atoms with E-state index in [1.54, 1.807) is 30.3 Å². The van der Waals surface area contributed by atoms with E-state index in [2.05, 4.69) is 20.9 Å². The number of halogens is 1. The van der Waals surface area contributed by atoms with Gasteiger partial charge in [0.2, 0.25) is 5.89 Å². The van der Waals surface area contributed by atoms with Crippen molar-refractivity contribution in [3.05, 3.63) is 52.8 Å². The van der Waals surface area contributed by atoms with Gasteiger partial charge >= 0.3 is 0 Å². The third kappa shape index (κ3) is 2.79. The van der Waals surface area contributed by atoms with E-state index in [0.29, 0.717) is 16.8 Å². The average Bonchev–Trinajstić information content (AvgIpc) is 2.82. The molecule has 0 radical (unpaired) electrons. The summed E-state index contributed by atoms with van der Waals surface area (Å²) in [6.45, 7) is 0. The molecule has 3 rings (SSSR count). The van der Waals surface area contributed by atoms with Crippen LogP contribution in [0.3, 0.4) is 0 Å². The van der Waals surface area contributed by atoms with E-state index in [-0.39, 0.29) is 16.5 Å². The van der Waals surface area contributed by atoms with Crippen molar-refractivity contribution in [2.75, 3.05) is 5.73 Å². The zero-order valence-corrected chi connectivity index (χ0v) is 13.2. The lowest BCUT2D eigenvalue weighted by Crippen LogP contribution is -2.05. The Hall–Kier alpha value is -1.86. The molecule has 0 fully saturated rings. The summed E-state index contributed by atoms with van der Waals surface area (Å²) in [5.41, 5.74) is 7.21. The predicted molar refractivity (Wildman–Crippen MR) is 83.5 cm³/mol. The SMILES string of the molecule is Nc1cccc2oc(CS(=O)(=O)c3ccc(Br)cc3)nc12. The fraction of sp³-hybridized carbons (Fsp3) is 0.0714. The number of para-hydroxylation sites is 1. The number of sulfone groups is 1. The first-order valence-electron chi connectivity index (χ1n) is 6.08. The van der Waals surface area contributed by atoms with Crippen molar-refractivity contribution in [1.29, 1.82) is 0 Å². The smallest absolute Gasteiger partial charge is 0.211 e. The van der Waals surface area contributed by atoms with Crippen molar-refractivity contribution in [3.8, 4) is 0 Å². The van der Waals surface area contributed by atoms with Crippen LogP contribution in [0, 0.1) is 0 Å². The number of aromatic nitrogens is 1. The largest absolute Gasteiger partial charge is 0.439 e. The highest BCUT2D eigenvalue weighted by atomic mass is 79.9. The molecule has 1 aromatic heterocycles. The summed E-state index contributed by atoms with van der Waals surface area (Å²) in [4.78, 5) is 4.38. The van der Waals surface area contributed by atoms with Crippen LogP contribution in [0.25, 0.3) is 11.1 Å². The van der Waals surface area contributed by atoms with Crippen molar-refractivity contribution in [2.45, 2.75) is 10.6 Å². The van der Waals surface area contributed by atoms with E-state index >= 15 is 0 Å². The maximum Gasteiger partial charge on any atom is 0.211 e. The van der Waals surface area contributed by atoms with Crippen molar-refractivity contribution in [2.24, 2.45) is 0 Å². The summed E-state index contributed by atoms with van der Waals surface area (Å²) < 4.78 is 30.9. The average molecular weight is 367 g/mol. The van der Waals surface area contributed by atoms with Crippen molar-refractivity contribution < 1.29 is 12.8 Å². The second-order valence-electron chi connectivity index (χ2n) is 4.51. The zero-order valence-electron chi connectivity index (χ0n) is 10.8. The Morgan fingerprint density at radius 2 is 1.86 bits per heavy atom. The van der Waals surface area contributed by atoms with Gasteiger partial charge < -0.3 is 10.2 Å². The Kier molecular flexibility index (Phi) is 3.46. The van der Waals surface area contributed by atoms with Crippen LogP contribution in [0.2, 0.25) is 0 Å². The molecular formula is C14H11BrN2O3S. The Morgan fingerprint density at radius 3 is 2.52 bits per heavy atom. The van der Waals surface area contributed by atoms with Gasteiger partial charge in [0.1, 0.15) is 11.3 Å². The van der Waals surface area contributed by atoms with Gasteiger partial charge in [0, 0.05) is 4.47 Å². The fourth-order valence-corrected chi connectivity index (χ4v) is 3.40. The number of hydrogen-bond donors (Lipinski definition) is 1. The first-order chi connectivity index (χ1) is 9.95. The molecule has 108 valence electrons. The number of benzene rings is 2. The van der Waals surface area contributed by atoms with Gasteiger partial charge in [-0.1, -0.05) is 22.0 Å². The molecule has 7 heteroatoms. The van der Waals surface area contributed by atoms with Crippen LogP contribution in [0.5, 0.6) is 0 Å². The highest BCUT2D eigenvalue weighted by Gasteiger charge is 2.19. The van der Waals surface area contributed by atoms with Gasteiger partial charge in [0.25, 0.3) is 0 Å². The second kappa shape index (κ2) is 5.16. The molecule has 21 heavy (non-hydrogen) atoms. The summed E-state index contributed by atoms with van der Waals surface area (Å²) in [7, 11) is -3.51. The van der Waals surface area contributed by atoms with E-state index in [0.717, 1.165) is 4.47 Å². The molecule has 0 saturated carbocycles. The van der Waals surface area contributed by atoms with E-state index in [9.17, 15) is 8.42 Å². The van der Waals surface area contributed by atoms with Crippen LogP contribution >= 0.6 is 15.9 Å². The van der Waals surface area contributed by atoms with E-state index < -0.39 is 9.84 Å². The van der Waals surface area contributed by atoms with Gasteiger partial charge in [0.15, 0.2) is 15.4 Å². The van der Waals surface area contributed by atoms with Gasteiger partial charge in [-0.05, 0) is 36.4 Å². The molecule has 2 aromatic carbocycles. The molecule has 0 aliphatic heterocycles. The Balaban J connectivity index is 1.97. The summed E-state index contributed by atoms with van der Waals surface area (Å²) in [6.07, 6.45) is 0. The van der Waals surface area contributed by atoms with Crippen LogP contribution in [0.4, 0.5) is 5.69 Å². The predicted octanol–water partition coefficient (Wildman–Crippen LogP) is 3.15. The fourth-order valence-electron chi connectivity index (χ4n) is 1.97. The minimum Gasteiger partial charge on any atom is -0.439 e. The molecule has 0 saturated heterocycles. The number of oxazole rings is 1. The van der Waals surface area contributed by atoms with Crippen LogP contribution in [0.15, 0.2) is 56.2 Å². The molecule has 0 unspecified atom stereocenters. The molecule has 0 aliphatic rings. The molecule has 5 nitrogen and oxygen atoms in total. The van der Waals surface area contributed by atoms with Gasteiger partial charge in [0.05, 0.1) is 10.6 Å². The number of hydrogen-bond acceptors (Lipinski definition) is 5. The standard InChI is InChI=1S/C14H11BrN2O3S/c15-9-4-6-10(7-5-9)21(18,19)8-13-17-14-11(16)2-1-3-12(14)20-13/h1-7H,8,16H2. The molecule has 0 aliphatic carbocycles. The monoisotopic (exact) mass is 366 g/mol. The normalized spacial score (nSPS) is 11.9. The molecular weight excluding hydrogens is 356 g/mol. The minimum atomic E-state index is -3.51. The quantitative estimate of drug-likeness (QED) is 0.719. The number of nitrogens with zero attached hydrogens (tertiary/aromatic N) is 1. The Bertz CT molecular complexity index is 902. The molecule has 1 heterocycles. The number of rotatable bonds is 3. The number of nitrogen functional groups attached to an aromatic ring is 1. The lowest BCUT2D eigenvalue weighted by molar-refractivity contribution is 0.540. The molecule has 0 amide bonds. The Labute approximate surface area is 129 Å². The number of fused-ring (bicyclic) bond motifs is 1. The minimum absolute atomic E-state index is 0.130. The number of nitrogens with two attached hydrogens (primary N) is 1. The Morgan fingerprint density at radius 1 is 1.14 bits per heavy atom. The van der Waals surface area contributed by atoms with E-state index in [1.165, 1.54) is 12.1 Å². The number of anilines is 1. The maximum atomic E-state index is 12.3. The van der Waals surface area contributed by atoms with Crippen LogP contribution in [-0.2, 0) is 15.6 Å². The van der Waals surface area contributed by atoms with E-state index in [1.807, 2.05) is 0 Å². The van der Waals surface area contributed by atoms with Crippen molar-refractivity contribution in [1.82, 2.24) is 4.98 Å². The lowest BCUT2D eigenvalue weighted by Gasteiger charge is -2.01. The summed E-state index contributed by atoms with van der Waals surface area (Å²) in [6, 6.07) is 11.6. The first-order valence-corrected chi connectivity index (χ1v) is 8.52. The highest BCUT2D eigenvalue weighted by Crippen LogP contribution is 2.24. The van der Waals surface area contributed by atoms with Gasteiger partial charge in [-0.25, -0.2) is 13.4 Å². The molecule has 0 atom stereocenters. The van der Waals surface area contributed by atoms with Crippen LogP contribution < -0.4 is 5.73 Å². The van der Waals surface area contributed by atoms with Crippen molar-refractivity contribution in [3.63, 3.8) is 0 Å². The van der Waals surface area contributed by atoms with Gasteiger partial charge in [-0.15, -0.1) is 0 Å². The van der Waals surface area contributed by atoms with E-state index in [4.69, 9.17) is 10.2 Å². The summed E-state index contributed by atoms with van der Waals surface area (Å²) in [5.74, 6) is -0.172. The summed E-state index contributed by atoms with van der Waals surface area (Å²) in [5, 5.41) is 0. The van der Waals surface area contributed by atoms with Crippen LogP contribution in [-0.4, -0.2) is 13.4 Å². The van der Waals surface area contributed by atoms with Gasteiger partial charge in [-0.3, -0.25) is 0 Å². The molecule has 2 N–H and O–H groups in total. The highest BCUT2D eigenvalue weighted by molar-refractivity contribution is 9.10. The molecule has 0 bridgehead atoms. The maximum absolute atomic E-state index is 12.3. The molecule has 3 aromatic rings. The van der Waals surface area contributed by atoms with Crippen molar-refractivity contribution >= 4 is 42.6 Å². The summed E-state index contributed by atoms with van der Waals surface area (Å²) >= 11 is 3.27. The zero-order chi connectivity index (χ0) is 15.0.